The molecule has 3 nitrogen and oxygen atoms in total. The molecule has 0 fully saturated rings. The van der Waals surface area contributed by atoms with Gasteiger partial charge in [-0.15, -0.1) is 12.4 Å². The Bertz CT molecular complexity index is 397. The summed E-state index contributed by atoms with van der Waals surface area (Å²) in [5.74, 6) is 0.429. The first-order valence-electron chi connectivity index (χ1n) is 7.08. The van der Waals surface area contributed by atoms with Gasteiger partial charge in [0.1, 0.15) is 0 Å². The van der Waals surface area contributed by atoms with Crippen LogP contribution >= 0.6 is 12.4 Å². The molecule has 0 saturated heterocycles. The molecule has 4 heteroatoms. The molecule has 114 valence electrons. The highest BCUT2D eigenvalue weighted by molar-refractivity contribution is 5.85. The summed E-state index contributed by atoms with van der Waals surface area (Å²) in [6.07, 6.45) is 0.914. The second kappa shape index (κ2) is 8.98. The fourth-order valence-corrected chi connectivity index (χ4v) is 2.00. The van der Waals surface area contributed by atoms with E-state index in [9.17, 15) is 4.79 Å². The molecule has 0 spiro atoms. The minimum Gasteiger partial charge on any atom is -0.352 e. The van der Waals surface area contributed by atoms with Crippen LogP contribution < -0.4 is 11.1 Å². The lowest BCUT2D eigenvalue weighted by molar-refractivity contribution is -0.124. The summed E-state index contributed by atoms with van der Waals surface area (Å²) < 4.78 is 0. The SMILES string of the molecule is CCC(C)C(N)C(=O)NC(C)C(C)c1ccccc1.Cl. The van der Waals surface area contributed by atoms with Crippen molar-refractivity contribution in [1.29, 1.82) is 0 Å². The van der Waals surface area contributed by atoms with Crippen molar-refractivity contribution >= 4 is 18.3 Å². The smallest absolute Gasteiger partial charge is 0.237 e. The number of amides is 1. The maximum Gasteiger partial charge on any atom is 0.237 e. The summed E-state index contributed by atoms with van der Waals surface area (Å²) in [5.41, 5.74) is 7.18. The Kier molecular flexibility index (Phi) is 8.51. The lowest BCUT2D eigenvalue weighted by Crippen LogP contribution is -2.48. The molecule has 3 N–H and O–H groups in total. The molecule has 4 atom stereocenters. The van der Waals surface area contributed by atoms with Gasteiger partial charge in [-0.1, -0.05) is 57.5 Å². The van der Waals surface area contributed by atoms with Gasteiger partial charge < -0.3 is 11.1 Å². The highest BCUT2D eigenvalue weighted by Gasteiger charge is 2.23. The quantitative estimate of drug-likeness (QED) is 0.848. The van der Waals surface area contributed by atoms with Crippen LogP contribution in [0.4, 0.5) is 0 Å². The van der Waals surface area contributed by atoms with Gasteiger partial charge in [0, 0.05) is 12.0 Å². The van der Waals surface area contributed by atoms with Crippen molar-refractivity contribution in [2.75, 3.05) is 0 Å². The van der Waals surface area contributed by atoms with Crippen LogP contribution in [-0.4, -0.2) is 18.0 Å². The predicted octanol–water partition coefficient (Wildman–Crippen LogP) is 3.09. The van der Waals surface area contributed by atoms with Gasteiger partial charge in [0.2, 0.25) is 5.91 Å². The summed E-state index contributed by atoms with van der Waals surface area (Å²) >= 11 is 0. The fourth-order valence-electron chi connectivity index (χ4n) is 2.00. The third-order valence-electron chi connectivity index (χ3n) is 4.01. The van der Waals surface area contributed by atoms with Gasteiger partial charge in [0.05, 0.1) is 6.04 Å². The molecule has 0 bridgehead atoms. The van der Waals surface area contributed by atoms with Crippen LogP contribution in [0.3, 0.4) is 0 Å². The molecule has 1 amide bonds. The van der Waals surface area contributed by atoms with Gasteiger partial charge >= 0.3 is 0 Å². The van der Waals surface area contributed by atoms with E-state index in [1.807, 2.05) is 39.0 Å². The van der Waals surface area contributed by atoms with Gasteiger partial charge in [-0.3, -0.25) is 4.79 Å². The second-order valence-electron chi connectivity index (χ2n) is 5.41. The molecule has 0 radical (unpaired) electrons. The molecular formula is C16H27ClN2O. The zero-order chi connectivity index (χ0) is 14.4. The summed E-state index contributed by atoms with van der Waals surface area (Å²) in [7, 11) is 0. The topological polar surface area (TPSA) is 55.1 Å². The minimum atomic E-state index is -0.421. The van der Waals surface area contributed by atoms with Crippen molar-refractivity contribution in [3.63, 3.8) is 0 Å². The molecule has 0 aliphatic rings. The summed E-state index contributed by atoms with van der Waals surface area (Å²) in [5, 5.41) is 3.03. The first kappa shape index (κ1) is 18.9. The molecule has 1 aromatic carbocycles. The Balaban J connectivity index is 0.00000361. The first-order valence-corrected chi connectivity index (χ1v) is 7.08. The van der Waals surface area contributed by atoms with Gasteiger partial charge in [-0.2, -0.15) is 0 Å². The lowest BCUT2D eigenvalue weighted by atomic mass is 9.93. The predicted molar refractivity (Wildman–Crippen MR) is 87.1 cm³/mol. The molecule has 1 rings (SSSR count). The van der Waals surface area contributed by atoms with Gasteiger partial charge in [-0.05, 0) is 18.4 Å². The standard InChI is InChI=1S/C16H26N2O.ClH/c1-5-11(2)15(17)16(19)18-13(4)12(3)14-9-7-6-8-10-14;/h6-13,15H,5,17H2,1-4H3,(H,18,19);1H. The molecule has 0 heterocycles. The van der Waals surface area contributed by atoms with E-state index >= 15 is 0 Å². The lowest BCUT2D eigenvalue weighted by Gasteiger charge is -2.25. The highest BCUT2D eigenvalue weighted by atomic mass is 35.5. The van der Waals surface area contributed by atoms with E-state index in [2.05, 4.69) is 24.4 Å². The highest BCUT2D eigenvalue weighted by Crippen LogP contribution is 2.18. The van der Waals surface area contributed by atoms with E-state index in [4.69, 9.17) is 5.73 Å². The van der Waals surface area contributed by atoms with Crippen molar-refractivity contribution in [2.24, 2.45) is 11.7 Å². The van der Waals surface area contributed by atoms with E-state index in [0.29, 0.717) is 0 Å². The maximum atomic E-state index is 12.1. The average molecular weight is 299 g/mol. The van der Waals surface area contributed by atoms with Crippen LogP contribution in [0.2, 0.25) is 0 Å². The van der Waals surface area contributed by atoms with Crippen LogP contribution in [0.25, 0.3) is 0 Å². The van der Waals surface area contributed by atoms with E-state index in [1.54, 1.807) is 0 Å². The largest absolute Gasteiger partial charge is 0.352 e. The van der Waals surface area contributed by atoms with Gasteiger partial charge in [0.15, 0.2) is 0 Å². The normalized spacial score (nSPS) is 16.4. The number of nitrogens with two attached hydrogens (primary N) is 1. The molecule has 1 aromatic rings. The summed E-state index contributed by atoms with van der Waals surface area (Å²) in [6, 6.07) is 9.86. The molecule has 0 aliphatic carbocycles. The second-order valence-corrected chi connectivity index (χ2v) is 5.41. The summed E-state index contributed by atoms with van der Waals surface area (Å²) in [6.45, 7) is 8.21. The Morgan fingerprint density at radius 1 is 1.20 bits per heavy atom. The van der Waals surface area contributed by atoms with Crippen molar-refractivity contribution in [3.05, 3.63) is 35.9 Å². The van der Waals surface area contributed by atoms with Crippen LogP contribution in [0.5, 0.6) is 0 Å². The molecular weight excluding hydrogens is 272 g/mol. The maximum absolute atomic E-state index is 12.1. The van der Waals surface area contributed by atoms with Crippen molar-refractivity contribution < 1.29 is 4.79 Å². The van der Waals surface area contributed by atoms with E-state index in [-0.39, 0.29) is 36.2 Å². The molecule has 20 heavy (non-hydrogen) atoms. The first-order chi connectivity index (χ1) is 8.97. The number of carbonyl (C=O) groups is 1. The molecule has 0 aromatic heterocycles. The number of hydrogen-bond donors (Lipinski definition) is 2. The number of hydrogen-bond acceptors (Lipinski definition) is 2. The third-order valence-corrected chi connectivity index (χ3v) is 4.01. The van der Waals surface area contributed by atoms with Crippen molar-refractivity contribution in [2.45, 2.75) is 52.1 Å². The fraction of sp³-hybridized carbons (Fsp3) is 0.562. The number of nitrogens with one attached hydrogen (secondary N) is 1. The molecule has 0 saturated carbocycles. The van der Waals surface area contributed by atoms with Gasteiger partial charge in [0.25, 0.3) is 0 Å². The van der Waals surface area contributed by atoms with Crippen LogP contribution in [0.15, 0.2) is 30.3 Å². The molecule has 4 unspecified atom stereocenters. The Morgan fingerprint density at radius 2 is 1.75 bits per heavy atom. The van der Waals surface area contributed by atoms with E-state index in [1.165, 1.54) is 5.56 Å². The Morgan fingerprint density at radius 3 is 2.25 bits per heavy atom. The van der Waals surface area contributed by atoms with Crippen LogP contribution in [0, 0.1) is 5.92 Å². The minimum absolute atomic E-state index is 0. The van der Waals surface area contributed by atoms with Crippen molar-refractivity contribution in [3.8, 4) is 0 Å². The molecule has 0 aliphatic heterocycles. The van der Waals surface area contributed by atoms with Gasteiger partial charge in [-0.25, -0.2) is 0 Å². The zero-order valence-electron chi connectivity index (χ0n) is 12.8. The third kappa shape index (κ3) is 5.14. The average Bonchev–Trinajstić information content (AvgIpc) is 2.45. The van der Waals surface area contributed by atoms with Crippen LogP contribution in [0.1, 0.15) is 45.6 Å². The Hall–Kier alpha value is -1.06. The monoisotopic (exact) mass is 298 g/mol. The number of halogens is 1. The van der Waals surface area contributed by atoms with E-state index < -0.39 is 6.04 Å². The summed E-state index contributed by atoms with van der Waals surface area (Å²) in [4.78, 5) is 12.1. The van der Waals surface area contributed by atoms with Crippen LogP contribution in [-0.2, 0) is 4.79 Å². The zero-order valence-corrected chi connectivity index (χ0v) is 13.6. The number of rotatable bonds is 6. The van der Waals surface area contributed by atoms with E-state index in [0.717, 1.165) is 6.42 Å². The number of carbonyl (C=O) groups excluding carboxylic acids is 1. The number of benzene rings is 1. The van der Waals surface area contributed by atoms with Crippen molar-refractivity contribution in [1.82, 2.24) is 5.32 Å². The Labute approximate surface area is 128 Å².